The largest absolute Gasteiger partial charge is 0.497 e. The molecule has 24 heavy (non-hydrogen) atoms. The minimum atomic E-state index is -0.271. The summed E-state index contributed by atoms with van der Waals surface area (Å²) in [6.45, 7) is 3.91. The standard InChI is InChI=1S/C16H21N3O4S/c1-11(2)23-15(20)10-24-16-18-17-14(19(16)3)9-22-13-7-5-6-12(8-13)21-4/h5-8,11H,9-10H2,1-4H3. The molecule has 0 aliphatic heterocycles. The highest BCUT2D eigenvalue weighted by atomic mass is 32.2. The van der Waals surface area contributed by atoms with E-state index in [4.69, 9.17) is 14.2 Å². The monoisotopic (exact) mass is 351 g/mol. The van der Waals surface area contributed by atoms with Gasteiger partial charge in [0.2, 0.25) is 0 Å². The molecule has 2 rings (SSSR count). The summed E-state index contributed by atoms with van der Waals surface area (Å²) in [6, 6.07) is 7.34. The van der Waals surface area contributed by atoms with E-state index < -0.39 is 0 Å². The molecule has 0 aliphatic rings. The predicted octanol–water partition coefficient (Wildman–Crippen LogP) is 2.45. The SMILES string of the molecule is COc1cccc(OCc2nnc(SCC(=O)OC(C)C)n2C)c1. The summed E-state index contributed by atoms with van der Waals surface area (Å²) in [6.07, 6.45) is -0.121. The van der Waals surface area contributed by atoms with E-state index >= 15 is 0 Å². The lowest BCUT2D eigenvalue weighted by Gasteiger charge is -2.08. The van der Waals surface area contributed by atoms with Gasteiger partial charge in [-0.1, -0.05) is 17.8 Å². The number of hydrogen-bond acceptors (Lipinski definition) is 7. The molecule has 8 heteroatoms. The maximum absolute atomic E-state index is 11.6. The van der Waals surface area contributed by atoms with Crippen molar-refractivity contribution in [3.63, 3.8) is 0 Å². The lowest BCUT2D eigenvalue weighted by atomic mass is 10.3. The van der Waals surface area contributed by atoms with Crippen molar-refractivity contribution in [2.45, 2.75) is 31.7 Å². The van der Waals surface area contributed by atoms with Crippen LogP contribution in [0.2, 0.25) is 0 Å². The molecule has 0 N–H and O–H groups in total. The summed E-state index contributed by atoms with van der Waals surface area (Å²) < 4.78 is 17.7. The van der Waals surface area contributed by atoms with Gasteiger partial charge in [0, 0.05) is 13.1 Å². The molecule has 2 aromatic rings. The summed E-state index contributed by atoms with van der Waals surface area (Å²) in [7, 11) is 3.44. The highest BCUT2D eigenvalue weighted by molar-refractivity contribution is 7.99. The number of esters is 1. The first-order valence-corrected chi connectivity index (χ1v) is 8.45. The molecule has 0 amide bonds. The Labute approximate surface area is 145 Å². The smallest absolute Gasteiger partial charge is 0.316 e. The molecule has 0 saturated heterocycles. The van der Waals surface area contributed by atoms with Gasteiger partial charge in [0.15, 0.2) is 11.0 Å². The summed E-state index contributed by atoms with van der Waals surface area (Å²) in [4.78, 5) is 11.6. The Hall–Kier alpha value is -2.22. The van der Waals surface area contributed by atoms with Crippen molar-refractivity contribution >= 4 is 17.7 Å². The average Bonchev–Trinajstić information content (AvgIpc) is 2.91. The van der Waals surface area contributed by atoms with Crippen molar-refractivity contribution in [1.29, 1.82) is 0 Å². The third kappa shape index (κ3) is 5.16. The molecule has 7 nitrogen and oxygen atoms in total. The van der Waals surface area contributed by atoms with Crippen LogP contribution in [0.15, 0.2) is 29.4 Å². The van der Waals surface area contributed by atoms with Crippen molar-refractivity contribution in [3.8, 4) is 11.5 Å². The summed E-state index contributed by atoms with van der Waals surface area (Å²) in [5, 5.41) is 8.81. The number of rotatable bonds is 8. The molecule has 0 fully saturated rings. The van der Waals surface area contributed by atoms with Gasteiger partial charge in [0.1, 0.15) is 18.1 Å². The van der Waals surface area contributed by atoms with Crippen LogP contribution in [0.3, 0.4) is 0 Å². The number of carbonyl (C=O) groups is 1. The summed E-state index contributed by atoms with van der Waals surface area (Å²) in [5.41, 5.74) is 0. The molecular weight excluding hydrogens is 330 g/mol. The van der Waals surface area contributed by atoms with Crippen LogP contribution in [0.4, 0.5) is 0 Å². The maximum Gasteiger partial charge on any atom is 0.316 e. The number of benzene rings is 1. The van der Waals surface area contributed by atoms with Gasteiger partial charge in [-0.15, -0.1) is 10.2 Å². The molecule has 0 aliphatic carbocycles. The van der Waals surface area contributed by atoms with Crippen molar-refractivity contribution in [3.05, 3.63) is 30.1 Å². The lowest BCUT2D eigenvalue weighted by molar-refractivity contribution is -0.144. The molecule has 0 unspecified atom stereocenters. The van der Waals surface area contributed by atoms with Crippen LogP contribution in [0.25, 0.3) is 0 Å². The highest BCUT2D eigenvalue weighted by Gasteiger charge is 2.13. The maximum atomic E-state index is 11.6. The Kier molecular flexibility index (Phi) is 6.48. The van der Waals surface area contributed by atoms with E-state index in [-0.39, 0.29) is 24.4 Å². The van der Waals surface area contributed by atoms with Crippen LogP contribution in [0.1, 0.15) is 19.7 Å². The second-order valence-electron chi connectivity index (χ2n) is 5.25. The Bertz CT molecular complexity index is 688. The number of thioether (sulfide) groups is 1. The molecule has 0 spiro atoms. The van der Waals surface area contributed by atoms with Gasteiger partial charge < -0.3 is 18.8 Å². The van der Waals surface area contributed by atoms with E-state index in [1.165, 1.54) is 11.8 Å². The van der Waals surface area contributed by atoms with Crippen molar-refractivity contribution in [2.24, 2.45) is 7.05 Å². The Balaban J connectivity index is 1.91. The molecular formula is C16H21N3O4S. The molecule has 0 radical (unpaired) electrons. The number of ether oxygens (including phenoxy) is 3. The topological polar surface area (TPSA) is 75.5 Å². The van der Waals surface area contributed by atoms with Gasteiger partial charge >= 0.3 is 5.97 Å². The quantitative estimate of drug-likeness (QED) is 0.534. The second kappa shape index (κ2) is 8.58. The van der Waals surface area contributed by atoms with Gasteiger partial charge in [0.25, 0.3) is 0 Å². The van der Waals surface area contributed by atoms with E-state index in [1.807, 2.05) is 39.1 Å². The van der Waals surface area contributed by atoms with E-state index in [2.05, 4.69) is 10.2 Å². The Morgan fingerprint density at radius 3 is 2.75 bits per heavy atom. The number of methoxy groups -OCH3 is 1. The second-order valence-corrected chi connectivity index (χ2v) is 6.20. The van der Waals surface area contributed by atoms with Crippen LogP contribution in [0.5, 0.6) is 11.5 Å². The predicted molar refractivity (Wildman–Crippen MR) is 90.3 cm³/mol. The van der Waals surface area contributed by atoms with Crippen molar-refractivity contribution < 1.29 is 19.0 Å². The highest BCUT2D eigenvalue weighted by Crippen LogP contribution is 2.21. The van der Waals surface area contributed by atoms with Crippen LogP contribution in [-0.4, -0.2) is 39.7 Å². The molecule has 1 aromatic heterocycles. The van der Waals surface area contributed by atoms with Crippen LogP contribution < -0.4 is 9.47 Å². The van der Waals surface area contributed by atoms with E-state index in [0.717, 1.165) is 5.75 Å². The fourth-order valence-electron chi connectivity index (χ4n) is 1.86. The normalized spacial score (nSPS) is 10.7. The van der Waals surface area contributed by atoms with Gasteiger partial charge in [0.05, 0.1) is 19.0 Å². The Morgan fingerprint density at radius 2 is 2.04 bits per heavy atom. The molecule has 1 heterocycles. The van der Waals surface area contributed by atoms with Crippen molar-refractivity contribution in [2.75, 3.05) is 12.9 Å². The molecule has 0 bridgehead atoms. The van der Waals surface area contributed by atoms with Crippen LogP contribution in [0, 0.1) is 0 Å². The van der Waals surface area contributed by atoms with Crippen LogP contribution >= 0.6 is 11.8 Å². The van der Waals surface area contributed by atoms with Crippen LogP contribution in [-0.2, 0) is 23.2 Å². The Morgan fingerprint density at radius 1 is 1.29 bits per heavy atom. The zero-order chi connectivity index (χ0) is 17.5. The fourth-order valence-corrected chi connectivity index (χ4v) is 2.57. The summed E-state index contributed by atoms with van der Waals surface area (Å²) >= 11 is 1.28. The zero-order valence-electron chi connectivity index (χ0n) is 14.2. The minimum absolute atomic E-state index is 0.121. The van der Waals surface area contributed by atoms with Gasteiger partial charge in [-0.3, -0.25) is 4.79 Å². The first-order chi connectivity index (χ1) is 11.5. The van der Waals surface area contributed by atoms with E-state index in [9.17, 15) is 4.79 Å². The van der Waals surface area contributed by atoms with E-state index in [1.54, 1.807) is 17.7 Å². The lowest BCUT2D eigenvalue weighted by Crippen LogP contribution is -2.13. The molecule has 1 aromatic carbocycles. The van der Waals surface area contributed by atoms with Gasteiger partial charge in [-0.25, -0.2) is 0 Å². The fraction of sp³-hybridized carbons (Fsp3) is 0.438. The van der Waals surface area contributed by atoms with Gasteiger partial charge in [-0.2, -0.15) is 0 Å². The zero-order valence-corrected chi connectivity index (χ0v) is 15.0. The molecule has 130 valence electrons. The first-order valence-electron chi connectivity index (χ1n) is 7.47. The number of hydrogen-bond donors (Lipinski definition) is 0. The molecule has 0 atom stereocenters. The number of carbonyl (C=O) groups excluding carboxylic acids is 1. The summed E-state index contributed by atoms with van der Waals surface area (Å²) in [5.74, 6) is 2.00. The van der Waals surface area contributed by atoms with E-state index in [0.29, 0.717) is 16.7 Å². The number of aromatic nitrogens is 3. The third-order valence-corrected chi connectivity index (χ3v) is 4.01. The third-order valence-electron chi connectivity index (χ3n) is 3.02. The molecule has 0 saturated carbocycles. The average molecular weight is 351 g/mol. The minimum Gasteiger partial charge on any atom is -0.497 e. The number of nitrogens with zero attached hydrogens (tertiary/aromatic N) is 3. The van der Waals surface area contributed by atoms with Crippen molar-refractivity contribution in [1.82, 2.24) is 14.8 Å². The first kappa shape index (κ1) is 18.1. The van der Waals surface area contributed by atoms with Gasteiger partial charge in [-0.05, 0) is 26.0 Å².